The molecule has 24 heavy (non-hydrogen) atoms. The molecule has 0 saturated carbocycles. The van der Waals surface area contributed by atoms with Gasteiger partial charge in [0.05, 0.1) is 28.6 Å². The summed E-state index contributed by atoms with van der Waals surface area (Å²) < 4.78 is 4.83. The summed E-state index contributed by atoms with van der Waals surface area (Å²) in [4.78, 5) is 39.3. The Hall–Kier alpha value is -2.81. The first-order valence-corrected chi connectivity index (χ1v) is 7.88. The number of nitro groups is 1. The molecule has 2 rings (SSSR count). The molecule has 1 aromatic carbocycles. The summed E-state index contributed by atoms with van der Waals surface area (Å²) in [6, 6.07) is 3.48. The van der Waals surface area contributed by atoms with E-state index in [0.717, 1.165) is 22.0 Å². The fraction of sp³-hybridized carbons (Fsp3) is 0.267. The topological polar surface area (TPSA) is 111 Å². The zero-order valence-electron chi connectivity index (χ0n) is 13.1. The Labute approximate surface area is 141 Å². The van der Waals surface area contributed by atoms with Crippen LogP contribution < -0.4 is 5.32 Å². The summed E-state index contributed by atoms with van der Waals surface area (Å²) >= 11 is 1.44. The quantitative estimate of drug-likeness (QED) is 0.487. The van der Waals surface area contributed by atoms with Gasteiger partial charge in [0.25, 0.3) is 11.6 Å². The molecule has 0 radical (unpaired) electrons. The number of nitrogens with zero attached hydrogens (tertiary/aromatic N) is 2. The second-order valence-electron chi connectivity index (χ2n) is 4.77. The van der Waals surface area contributed by atoms with Crippen LogP contribution in [0, 0.1) is 17.0 Å². The number of benzene rings is 1. The lowest BCUT2D eigenvalue weighted by atomic mass is 10.1. The van der Waals surface area contributed by atoms with Gasteiger partial charge >= 0.3 is 5.97 Å². The van der Waals surface area contributed by atoms with E-state index in [0.29, 0.717) is 0 Å². The number of aromatic nitrogens is 1. The van der Waals surface area contributed by atoms with Crippen molar-refractivity contribution in [1.82, 2.24) is 10.3 Å². The number of rotatable bonds is 6. The van der Waals surface area contributed by atoms with Gasteiger partial charge in [0.15, 0.2) is 0 Å². The normalized spacial score (nSPS) is 10.2. The molecular weight excluding hydrogens is 334 g/mol. The third-order valence-corrected chi connectivity index (χ3v) is 3.91. The minimum Gasteiger partial charge on any atom is -0.462 e. The standard InChI is InChI=1S/C15H15N3O5S/c1-3-23-15(20)11-4-10(5-12(6-11)18(21)22)14(19)17-8-13-7-16-9(2)24-13/h4-7H,3,8H2,1-2H3,(H,17,19). The molecule has 8 nitrogen and oxygen atoms in total. The van der Waals surface area contributed by atoms with Crippen LogP contribution in [0.15, 0.2) is 24.4 Å². The van der Waals surface area contributed by atoms with Crippen LogP contribution in [0.4, 0.5) is 5.69 Å². The van der Waals surface area contributed by atoms with Crippen molar-refractivity contribution in [3.05, 3.63) is 55.5 Å². The predicted octanol–water partition coefficient (Wildman–Crippen LogP) is 2.47. The molecule has 0 aliphatic heterocycles. The van der Waals surface area contributed by atoms with Crippen molar-refractivity contribution >= 4 is 28.9 Å². The zero-order valence-corrected chi connectivity index (χ0v) is 13.9. The van der Waals surface area contributed by atoms with E-state index in [1.54, 1.807) is 13.1 Å². The Morgan fingerprint density at radius 1 is 1.33 bits per heavy atom. The number of non-ortho nitro benzene ring substituents is 1. The monoisotopic (exact) mass is 349 g/mol. The molecule has 0 fully saturated rings. The highest BCUT2D eigenvalue weighted by Gasteiger charge is 2.18. The molecule has 9 heteroatoms. The molecule has 1 aromatic heterocycles. The molecule has 126 valence electrons. The number of nitrogens with one attached hydrogen (secondary N) is 1. The van der Waals surface area contributed by atoms with Crippen molar-refractivity contribution in [2.75, 3.05) is 6.61 Å². The van der Waals surface area contributed by atoms with Gasteiger partial charge in [-0.1, -0.05) is 0 Å². The largest absolute Gasteiger partial charge is 0.462 e. The van der Waals surface area contributed by atoms with Crippen molar-refractivity contribution in [2.45, 2.75) is 20.4 Å². The lowest BCUT2D eigenvalue weighted by molar-refractivity contribution is -0.384. The zero-order chi connectivity index (χ0) is 17.7. The van der Waals surface area contributed by atoms with E-state index in [1.807, 2.05) is 6.92 Å². The number of aryl methyl sites for hydroxylation is 1. The smallest absolute Gasteiger partial charge is 0.338 e. The molecule has 1 heterocycles. The van der Waals surface area contributed by atoms with Crippen LogP contribution >= 0.6 is 11.3 Å². The van der Waals surface area contributed by atoms with Gasteiger partial charge in [0, 0.05) is 28.8 Å². The molecule has 0 spiro atoms. The molecule has 1 N–H and O–H groups in total. The maximum absolute atomic E-state index is 12.2. The molecular formula is C15H15N3O5S. The first-order valence-electron chi connectivity index (χ1n) is 7.06. The van der Waals surface area contributed by atoms with E-state index < -0.39 is 16.8 Å². The number of ether oxygens (including phenoxy) is 1. The first-order chi connectivity index (χ1) is 11.4. The van der Waals surface area contributed by atoms with Gasteiger partial charge in [-0.25, -0.2) is 9.78 Å². The van der Waals surface area contributed by atoms with Gasteiger partial charge in [0.2, 0.25) is 0 Å². The summed E-state index contributed by atoms with van der Waals surface area (Å²) in [5.74, 6) is -1.23. The summed E-state index contributed by atoms with van der Waals surface area (Å²) in [6.45, 7) is 3.86. The van der Waals surface area contributed by atoms with Crippen LogP contribution in [0.2, 0.25) is 0 Å². The molecule has 0 unspecified atom stereocenters. The second-order valence-corrected chi connectivity index (χ2v) is 6.09. The van der Waals surface area contributed by atoms with Crippen molar-refractivity contribution < 1.29 is 19.2 Å². The minimum absolute atomic E-state index is 0.0218. The van der Waals surface area contributed by atoms with E-state index in [-0.39, 0.29) is 30.0 Å². The van der Waals surface area contributed by atoms with E-state index >= 15 is 0 Å². The number of amides is 1. The molecule has 0 bridgehead atoms. The Kier molecular flexibility index (Phi) is 5.59. The van der Waals surface area contributed by atoms with Gasteiger partial charge in [-0.15, -0.1) is 11.3 Å². The lowest BCUT2D eigenvalue weighted by Crippen LogP contribution is -2.23. The Bertz CT molecular complexity index is 787. The van der Waals surface area contributed by atoms with Gasteiger partial charge in [-0.3, -0.25) is 14.9 Å². The fourth-order valence-electron chi connectivity index (χ4n) is 1.94. The van der Waals surface area contributed by atoms with Gasteiger partial charge in [-0.05, 0) is 19.9 Å². The van der Waals surface area contributed by atoms with Crippen LogP contribution in [0.3, 0.4) is 0 Å². The van der Waals surface area contributed by atoms with Gasteiger partial charge in [-0.2, -0.15) is 0 Å². The van der Waals surface area contributed by atoms with E-state index in [2.05, 4.69) is 10.3 Å². The number of nitro benzene ring substituents is 1. The summed E-state index contributed by atoms with van der Waals surface area (Å²) in [5, 5.41) is 14.5. The van der Waals surface area contributed by atoms with Crippen LogP contribution in [-0.4, -0.2) is 28.4 Å². The SMILES string of the molecule is CCOC(=O)c1cc(C(=O)NCc2cnc(C)s2)cc([N+](=O)[O-])c1. The summed E-state index contributed by atoms with van der Waals surface area (Å²) in [5.41, 5.74) is -0.363. The molecule has 0 saturated heterocycles. The highest BCUT2D eigenvalue weighted by molar-refractivity contribution is 7.11. The number of hydrogen-bond donors (Lipinski definition) is 1. The van der Waals surface area contributed by atoms with Crippen molar-refractivity contribution in [1.29, 1.82) is 0 Å². The average Bonchev–Trinajstić information content (AvgIpc) is 2.97. The molecule has 0 atom stereocenters. The third kappa shape index (κ3) is 4.35. The minimum atomic E-state index is -0.715. The van der Waals surface area contributed by atoms with Crippen molar-refractivity contribution in [3.63, 3.8) is 0 Å². The van der Waals surface area contributed by atoms with Crippen molar-refractivity contribution in [3.8, 4) is 0 Å². The fourth-order valence-corrected chi connectivity index (χ4v) is 2.67. The predicted molar refractivity (Wildman–Crippen MR) is 87.1 cm³/mol. The van der Waals surface area contributed by atoms with E-state index in [1.165, 1.54) is 17.4 Å². The van der Waals surface area contributed by atoms with E-state index in [4.69, 9.17) is 4.74 Å². The van der Waals surface area contributed by atoms with Crippen LogP contribution in [-0.2, 0) is 11.3 Å². The average molecular weight is 349 g/mol. The number of carbonyl (C=O) groups is 2. The van der Waals surface area contributed by atoms with Crippen LogP contribution in [0.5, 0.6) is 0 Å². The summed E-state index contributed by atoms with van der Waals surface area (Å²) in [6.07, 6.45) is 1.65. The van der Waals surface area contributed by atoms with Gasteiger partial charge < -0.3 is 10.1 Å². The molecule has 1 amide bonds. The summed E-state index contributed by atoms with van der Waals surface area (Å²) in [7, 11) is 0. The van der Waals surface area contributed by atoms with Crippen LogP contribution in [0.25, 0.3) is 0 Å². The third-order valence-electron chi connectivity index (χ3n) is 2.99. The number of thiazole rings is 1. The first kappa shape index (κ1) is 17.5. The Balaban J connectivity index is 2.22. The maximum atomic E-state index is 12.2. The number of hydrogen-bond acceptors (Lipinski definition) is 7. The molecule has 0 aliphatic rings. The van der Waals surface area contributed by atoms with Crippen LogP contribution in [0.1, 0.15) is 37.5 Å². The second kappa shape index (κ2) is 7.64. The van der Waals surface area contributed by atoms with Gasteiger partial charge in [0.1, 0.15) is 0 Å². The van der Waals surface area contributed by atoms with E-state index in [9.17, 15) is 19.7 Å². The maximum Gasteiger partial charge on any atom is 0.338 e. The highest BCUT2D eigenvalue weighted by atomic mass is 32.1. The number of esters is 1. The molecule has 2 aromatic rings. The van der Waals surface area contributed by atoms with Crippen molar-refractivity contribution in [2.24, 2.45) is 0 Å². The Morgan fingerprint density at radius 3 is 2.62 bits per heavy atom. The molecule has 0 aliphatic carbocycles. The Morgan fingerprint density at radius 2 is 2.04 bits per heavy atom. The highest BCUT2D eigenvalue weighted by Crippen LogP contribution is 2.19. The lowest BCUT2D eigenvalue weighted by Gasteiger charge is -2.06. The number of carbonyl (C=O) groups excluding carboxylic acids is 2.